The van der Waals surface area contributed by atoms with Crippen LogP contribution in [0, 0.1) is 13.8 Å². The molecule has 2 rings (SSSR count). The van der Waals surface area contributed by atoms with Crippen LogP contribution in [0.3, 0.4) is 0 Å². The Morgan fingerprint density at radius 3 is 2.35 bits per heavy atom. The van der Waals surface area contributed by atoms with E-state index < -0.39 is 0 Å². The summed E-state index contributed by atoms with van der Waals surface area (Å²) in [5.74, 6) is 0.756. The average molecular weight is 356 g/mol. The molecule has 0 aliphatic rings. The third kappa shape index (κ3) is 6.12. The second-order valence-corrected chi connectivity index (χ2v) is 5.92. The van der Waals surface area contributed by atoms with Gasteiger partial charge in [-0.3, -0.25) is 9.59 Å². The van der Waals surface area contributed by atoms with Crippen molar-refractivity contribution in [2.45, 2.75) is 20.3 Å². The molecule has 0 bridgehead atoms. The smallest absolute Gasteiger partial charge is 0.233 e. The molecule has 0 heterocycles. The maximum atomic E-state index is 12.0. The SMILES string of the molecule is COc1ccc(OCCNC(=O)CC(=O)Nc2cc(C)ccc2C)cc1. The topological polar surface area (TPSA) is 76.7 Å². The summed E-state index contributed by atoms with van der Waals surface area (Å²) in [6, 6.07) is 13.0. The molecule has 6 nitrogen and oxygen atoms in total. The molecule has 0 fully saturated rings. The molecule has 0 aromatic heterocycles. The lowest BCUT2D eigenvalue weighted by molar-refractivity contribution is -0.126. The number of aryl methyl sites for hydroxylation is 2. The van der Waals surface area contributed by atoms with Gasteiger partial charge in [-0.25, -0.2) is 0 Å². The van der Waals surface area contributed by atoms with E-state index in [9.17, 15) is 9.59 Å². The van der Waals surface area contributed by atoms with Crippen LogP contribution < -0.4 is 20.1 Å². The quantitative estimate of drug-likeness (QED) is 0.563. The molecule has 0 aliphatic carbocycles. The number of methoxy groups -OCH3 is 1. The van der Waals surface area contributed by atoms with Crippen molar-refractivity contribution in [3.63, 3.8) is 0 Å². The number of hydrogen-bond donors (Lipinski definition) is 2. The molecule has 138 valence electrons. The lowest BCUT2D eigenvalue weighted by atomic mass is 10.1. The molecule has 2 aromatic rings. The number of ether oxygens (including phenoxy) is 2. The van der Waals surface area contributed by atoms with E-state index in [1.54, 1.807) is 31.4 Å². The number of rotatable bonds is 8. The minimum Gasteiger partial charge on any atom is -0.497 e. The summed E-state index contributed by atoms with van der Waals surface area (Å²) in [6.45, 7) is 4.49. The van der Waals surface area contributed by atoms with Gasteiger partial charge in [-0.05, 0) is 55.3 Å². The molecular formula is C20H24N2O4. The van der Waals surface area contributed by atoms with Crippen molar-refractivity contribution in [3.05, 3.63) is 53.6 Å². The monoisotopic (exact) mass is 356 g/mol. The van der Waals surface area contributed by atoms with Crippen LogP contribution in [-0.4, -0.2) is 32.1 Å². The van der Waals surface area contributed by atoms with Gasteiger partial charge in [0.25, 0.3) is 0 Å². The first-order chi connectivity index (χ1) is 12.5. The van der Waals surface area contributed by atoms with Crippen LogP contribution in [0.15, 0.2) is 42.5 Å². The standard InChI is InChI=1S/C20H24N2O4/c1-14-4-5-15(2)18(12-14)22-20(24)13-19(23)21-10-11-26-17-8-6-16(25-3)7-9-17/h4-9,12H,10-11,13H2,1-3H3,(H,21,23)(H,22,24). The molecule has 2 aromatic carbocycles. The van der Waals surface area contributed by atoms with Crippen LogP contribution in [0.25, 0.3) is 0 Å². The molecule has 2 amide bonds. The highest BCUT2D eigenvalue weighted by Gasteiger charge is 2.10. The molecule has 0 radical (unpaired) electrons. The Balaban J connectivity index is 1.69. The Kier molecular flexibility index (Phi) is 7.02. The van der Waals surface area contributed by atoms with E-state index in [0.717, 1.165) is 22.6 Å². The van der Waals surface area contributed by atoms with Crippen molar-refractivity contribution >= 4 is 17.5 Å². The van der Waals surface area contributed by atoms with E-state index in [-0.39, 0.29) is 18.2 Å². The van der Waals surface area contributed by atoms with Gasteiger partial charge in [0.15, 0.2) is 0 Å². The number of amides is 2. The number of hydrogen-bond acceptors (Lipinski definition) is 4. The predicted octanol–water partition coefficient (Wildman–Crippen LogP) is 2.84. The predicted molar refractivity (Wildman–Crippen MR) is 101 cm³/mol. The molecule has 0 saturated carbocycles. The van der Waals surface area contributed by atoms with E-state index in [2.05, 4.69) is 10.6 Å². The van der Waals surface area contributed by atoms with E-state index >= 15 is 0 Å². The normalized spacial score (nSPS) is 10.1. The summed E-state index contributed by atoms with van der Waals surface area (Å²) in [7, 11) is 1.60. The Labute approximate surface area is 153 Å². The minimum absolute atomic E-state index is 0.226. The highest BCUT2D eigenvalue weighted by molar-refractivity contribution is 6.03. The van der Waals surface area contributed by atoms with Crippen molar-refractivity contribution < 1.29 is 19.1 Å². The highest BCUT2D eigenvalue weighted by atomic mass is 16.5. The number of carbonyl (C=O) groups excluding carboxylic acids is 2. The van der Waals surface area contributed by atoms with Crippen LogP contribution in [0.4, 0.5) is 5.69 Å². The molecule has 0 aliphatic heterocycles. The average Bonchev–Trinajstić information content (AvgIpc) is 2.62. The van der Waals surface area contributed by atoms with Crippen LogP contribution in [-0.2, 0) is 9.59 Å². The molecule has 6 heteroatoms. The van der Waals surface area contributed by atoms with Crippen molar-refractivity contribution in [2.75, 3.05) is 25.6 Å². The molecular weight excluding hydrogens is 332 g/mol. The van der Waals surface area contributed by atoms with Crippen LogP contribution in [0.2, 0.25) is 0 Å². The van der Waals surface area contributed by atoms with Crippen molar-refractivity contribution in [1.82, 2.24) is 5.32 Å². The lowest BCUT2D eigenvalue weighted by Gasteiger charge is -2.10. The Morgan fingerprint density at radius 2 is 1.65 bits per heavy atom. The van der Waals surface area contributed by atoms with Gasteiger partial charge >= 0.3 is 0 Å². The zero-order valence-corrected chi connectivity index (χ0v) is 15.3. The minimum atomic E-state index is -0.342. The first kappa shape index (κ1) is 19.3. The molecule has 0 unspecified atom stereocenters. The number of nitrogens with one attached hydrogen (secondary N) is 2. The fourth-order valence-electron chi connectivity index (χ4n) is 2.30. The lowest BCUT2D eigenvalue weighted by Crippen LogP contribution is -2.31. The van der Waals surface area contributed by atoms with Gasteiger partial charge in [-0.2, -0.15) is 0 Å². The third-order valence-electron chi connectivity index (χ3n) is 3.74. The Morgan fingerprint density at radius 1 is 0.962 bits per heavy atom. The Bertz CT molecular complexity index is 757. The van der Waals surface area contributed by atoms with E-state index in [1.165, 1.54) is 0 Å². The second kappa shape index (κ2) is 9.46. The van der Waals surface area contributed by atoms with Gasteiger partial charge in [-0.1, -0.05) is 12.1 Å². The number of benzene rings is 2. The van der Waals surface area contributed by atoms with Gasteiger partial charge < -0.3 is 20.1 Å². The number of carbonyl (C=O) groups is 2. The summed E-state index contributed by atoms with van der Waals surface area (Å²) in [4.78, 5) is 23.8. The first-order valence-corrected chi connectivity index (χ1v) is 8.38. The maximum Gasteiger partial charge on any atom is 0.233 e. The summed E-state index contributed by atoms with van der Waals surface area (Å²) >= 11 is 0. The summed E-state index contributed by atoms with van der Waals surface area (Å²) in [5.41, 5.74) is 2.73. The van der Waals surface area contributed by atoms with E-state index in [1.807, 2.05) is 32.0 Å². The van der Waals surface area contributed by atoms with Gasteiger partial charge in [0.05, 0.1) is 13.7 Å². The second-order valence-electron chi connectivity index (χ2n) is 5.92. The molecule has 2 N–H and O–H groups in total. The maximum absolute atomic E-state index is 12.0. The third-order valence-corrected chi connectivity index (χ3v) is 3.74. The van der Waals surface area contributed by atoms with Gasteiger partial charge in [0.2, 0.25) is 11.8 Å². The van der Waals surface area contributed by atoms with Gasteiger partial charge in [0.1, 0.15) is 24.5 Å². The molecule has 26 heavy (non-hydrogen) atoms. The summed E-state index contributed by atoms with van der Waals surface area (Å²) in [6.07, 6.45) is -0.226. The largest absolute Gasteiger partial charge is 0.497 e. The molecule has 0 spiro atoms. The van der Waals surface area contributed by atoms with Crippen molar-refractivity contribution in [2.24, 2.45) is 0 Å². The fourth-order valence-corrected chi connectivity index (χ4v) is 2.30. The van der Waals surface area contributed by atoms with E-state index in [4.69, 9.17) is 9.47 Å². The first-order valence-electron chi connectivity index (χ1n) is 8.38. The highest BCUT2D eigenvalue weighted by Crippen LogP contribution is 2.17. The zero-order chi connectivity index (χ0) is 18.9. The fraction of sp³-hybridized carbons (Fsp3) is 0.300. The van der Waals surface area contributed by atoms with Crippen molar-refractivity contribution in [3.8, 4) is 11.5 Å². The number of anilines is 1. The van der Waals surface area contributed by atoms with Crippen LogP contribution >= 0.6 is 0 Å². The van der Waals surface area contributed by atoms with Gasteiger partial charge in [0, 0.05) is 5.69 Å². The van der Waals surface area contributed by atoms with Crippen LogP contribution in [0.5, 0.6) is 11.5 Å². The molecule has 0 atom stereocenters. The van der Waals surface area contributed by atoms with E-state index in [0.29, 0.717) is 18.9 Å². The van der Waals surface area contributed by atoms with Crippen LogP contribution in [0.1, 0.15) is 17.5 Å². The zero-order valence-electron chi connectivity index (χ0n) is 15.3. The van der Waals surface area contributed by atoms with Gasteiger partial charge in [-0.15, -0.1) is 0 Å². The summed E-state index contributed by atoms with van der Waals surface area (Å²) in [5, 5.41) is 5.43. The summed E-state index contributed by atoms with van der Waals surface area (Å²) < 4.78 is 10.6. The molecule has 0 saturated heterocycles. The Hall–Kier alpha value is -3.02. The van der Waals surface area contributed by atoms with Crippen molar-refractivity contribution in [1.29, 1.82) is 0 Å².